The number of carbonyl (C=O) groups is 1. The maximum Gasteiger partial charge on any atom is 0.219 e. The van der Waals surface area contributed by atoms with Crippen LogP contribution in [0.1, 0.15) is 76.0 Å². The van der Waals surface area contributed by atoms with E-state index in [0.29, 0.717) is 24.3 Å². The van der Waals surface area contributed by atoms with Gasteiger partial charge in [-0.15, -0.1) is 10.2 Å². The highest BCUT2D eigenvalue weighted by Crippen LogP contribution is 2.61. The van der Waals surface area contributed by atoms with Crippen LogP contribution in [0.5, 0.6) is 0 Å². The second-order valence-electron chi connectivity index (χ2n) is 9.50. The molecule has 0 unspecified atom stereocenters. The summed E-state index contributed by atoms with van der Waals surface area (Å²) in [6.45, 7) is 0.633. The Morgan fingerprint density at radius 1 is 1.12 bits per heavy atom. The Bertz CT molecular complexity index is 661. The monoisotopic (exact) mass is 374 g/mol. The van der Waals surface area contributed by atoms with Crippen molar-refractivity contribution in [2.75, 3.05) is 5.75 Å². The Balaban J connectivity index is 1.23. The number of carbonyl (C=O) groups excluding carboxylic acids is 1. The maximum absolute atomic E-state index is 11.2. The fraction of sp³-hybridized carbons (Fsp3) is 0.850. The molecule has 5 aliphatic rings. The Hall–Kier alpha value is -1.04. The molecule has 0 aliphatic heterocycles. The number of hydrogen-bond donors (Lipinski definition) is 1. The van der Waals surface area contributed by atoms with Gasteiger partial charge in [-0.05, 0) is 81.0 Å². The fourth-order valence-corrected chi connectivity index (χ4v) is 7.59. The molecule has 5 aliphatic carbocycles. The van der Waals surface area contributed by atoms with Gasteiger partial charge in [-0.25, -0.2) is 0 Å². The van der Waals surface area contributed by atoms with Crippen LogP contribution in [0.4, 0.5) is 0 Å². The van der Waals surface area contributed by atoms with E-state index in [2.05, 4.69) is 14.8 Å². The first kappa shape index (κ1) is 17.1. The number of primary amides is 1. The minimum absolute atomic E-state index is 0.245. The molecule has 1 aromatic heterocycles. The van der Waals surface area contributed by atoms with Crippen LogP contribution >= 0.6 is 11.8 Å². The molecule has 2 N–H and O–H groups in total. The summed E-state index contributed by atoms with van der Waals surface area (Å²) in [6, 6.07) is 0. The lowest BCUT2D eigenvalue weighted by molar-refractivity contribution is -0.118. The van der Waals surface area contributed by atoms with E-state index in [1.165, 1.54) is 57.8 Å². The average molecular weight is 375 g/mol. The van der Waals surface area contributed by atoms with Crippen LogP contribution in [-0.4, -0.2) is 26.4 Å². The van der Waals surface area contributed by atoms with E-state index in [1.807, 2.05) is 11.8 Å². The minimum atomic E-state index is -0.245. The molecule has 1 aromatic rings. The van der Waals surface area contributed by atoms with Crippen molar-refractivity contribution in [3.05, 3.63) is 5.82 Å². The molecule has 6 heteroatoms. The van der Waals surface area contributed by atoms with Gasteiger partial charge >= 0.3 is 0 Å². The first-order valence-electron chi connectivity index (χ1n) is 10.4. The number of nitrogens with zero attached hydrogens (tertiary/aromatic N) is 3. The molecule has 0 spiro atoms. The third-order valence-electron chi connectivity index (χ3n) is 7.30. The number of rotatable bonds is 8. The highest BCUT2D eigenvalue weighted by atomic mass is 32.2. The predicted molar refractivity (Wildman–Crippen MR) is 102 cm³/mol. The second kappa shape index (κ2) is 6.54. The van der Waals surface area contributed by atoms with E-state index in [-0.39, 0.29) is 5.91 Å². The Labute approximate surface area is 159 Å². The summed E-state index contributed by atoms with van der Waals surface area (Å²) in [7, 11) is 0. The van der Waals surface area contributed by atoms with E-state index < -0.39 is 0 Å². The summed E-state index contributed by atoms with van der Waals surface area (Å²) in [6.07, 6.45) is 13.1. The van der Waals surface area contributed by atoms with Crippen molar-refractivity contribution < 1.29 is 4.79 Å². The number of hydrogen-bond acceptors (Lipinski definition) is 4. The van der Waals surface area contributed by atoms with Crippen molar-refractivity contribution in [3.63, 3.8) is 0 Å². The van der Waals surface area contributed by atoms with Gasteiger partial charge in [0, 0.05) is 24.6 Å². The largest absolute Gasteiger partial charge is 0.370 e. The van der Waals surface area contributed by atoms with Crippen molar-refractivity contribution >= 4 is 17.7 Å². The van der Waals surface area contributed by atoms with E-state index in [1.54, 1.807) is 0 Å². The molecule has 26 heavy (non-hydrogen) atoms. The van der Waals surface area contributed by atoms with Crippen molar-refractivity contribution in [1.29, 1.82) is 0 Å². The third-order valence-corrected chi connectivity index (χ3v) is 8.27. The van der Waals surface area contributed by atoms with Gasteiger partial charge in [-0.3, -0.25) is 4.79 Å². The molecule has 5 fully saturated rings. The highest BCUT2D eigenvalue weighted by Gasteiger charge is 2.50. The Morgan fingerprint density at radius 2 is 1.77 bits per heavy atom. The Kier molecular flexibility index (Phi) is 4.29. The standard InChI is InChI=1S/C20H30N4OS/c21-17(25)3-5-24-18(16-1-2-16)22-23-19(24)26-6-4-20-10-13-7-14(11-20)9-15(8-13)12-20/h13-16H,1-12H2,(H2,21,25). The van der Waals surface area contributed by atoms with E-state index in [9.17, 15) is 4.79 Å². The summed E-state index contributed by atoms with van der Waals surface area (Å²) in [5.74, 6) is 5.57. The quantitative estimate of drug-likeness (QED) is 0.704. The van der Waals surface area contributed by atoms with Gasteiger partial charge in [-0.1, -0.05) is 11.8 Å². The summed E-state index contributed by atoms with van der Waals surface area (Å²) in [5, 5.41) is 9.90. The highest BCUT2D eigenvalue weighted by molar-refractivity contribution is 7.99. The average Bonchev–Trinajstić information content (AvgIpc) is 3.33. The molecule has 1 amide bonds. The van der Waals surface area contributed by atoms with E-state index >= 15 is 0 Å². The van der Waals surface area contributed by atoms with Crippen LogP contribution in [-0.2, 0) is 11.3 Å². The van der Waals surface area contributed by atoms with Crippen LogP contribution in [0.25, 0.3) is 0 Å². The van der Waals surface area contributed by atoms with Crippen LogP contribution in [0, 0.1) is 23.2 Å². The number of aromatic nitrogens is 3. The molecule has 0 saturated heterocycles. The first-order valence-corrected chi connectivity index (χ1v) is 11.4. The third kappa shape index (κ3) is 3.30. The van der Waals surface area contributed by atoms with Crippen LogP contribution in [0.3, 0.4) is 0 Å². The maximum atomic E-state index is 11.2. The summed E-state index contributed by atoms with van der Waals surface area (Å²) < 4.78 is 2.17. The lowest BCUT2D eigenvalue weighted by Gasteiger charge is -2.57. The number of nitrogens with two attached hydrogens (primary N) is 1. The molecule has 1 heterocycles. The molecule has 0 aromatic carbocycles. The Morgan fingerprint density at radius 3 is 2.35 bits per heavy atom. The van der Waals surface area contributed by atoms with Crippen molar-refractivity contribution in [2.24, 2.45) is 28.9 Å². The van der Waals surface area contributed by atoms with Gasteiger partial charge in [0.25, 0.3) is 0 Å². The lowest BCUT2D eigenvalue weighted by atomic mass is 9.49. The molecule has 0 radical (unpaired) electrons. The number of thioether (sulfide) groups is 1. The molecule has 4 bridgehead atoms. The van der Waals surface area contributed by atoms with Crippen molar-refractivity contribution in [1.82, 2.24) is 14.8 Å². The molecule has 0 atom stereocenters. The summed E-state index contributed by atoms with van der Waals surface area (Å²) >= 11 is 1.85. The van der Waals surface area contributed by atoms with Gasteiger partial charge in [0.1, 0.15) is 5.82 Å². The normalized spacial score (nSPS) is 35.2. The smallest absolute Gasteiger partial charge is 0.219 e. The molecule has 6 rings (SSSR count). The van der Waals surface area contributed by atoms with Crippen LogP contribution in [0.15, 0.2) is 5.16 Å². The lowest BCUT2D eigenvalue weighted by Crippen LogP contribution is -2.46. The van der Waals surface area contributed by atoms with Gasteiger partial charge < -0.3 is 10.3 Å². The number of amides is 1. The predicted octanol–water partition coefficient (Wildman–Crippen LogP) is 3.73. The van der Waals surface area contributed by atoms with Gasteiger partial charge in [0.05, 0.1) is 0 Å². The van der Waals surface area contributed by atoms with Gasteiger partial charge in [0.2, 0.25) is 5.91 Å². The second-order valence-corrected chi connectivity index (χ2v) is 10.6. The van der Waals surface area contributed by atoms with Crippen LogP contribution in [0.2, 0.25) is 0 Å². The SMILES string of the molecule is NC(=O)CCn1c(SCCC23CC4CC(CC(C4)C2)C3)nnc1C1CC1. The van der Waals surface area contributed by atoms with E-state index in [0.717, 1.165) is 34.5 Å². The molecule has 5 nitrogen and oxygen atoms in total. The van der Waals surface area contributed by atoms with Crippen molar-refractivity contribution in [2.45, 2.75) is 81.8 Å². The van der Waals surface area contributed by atoms with Crippen molar-refractivity contribution in [3.8, 4) is 0 Å². The molecular formula is C20H30N4OS. The minimum Gasteiger partial charge on any atom is -0.370 e. The molecule has 142 valence electrons. The van der Waals surface area contributed by atoms with E-state index in [4.69, 9.17) is 5.73 Å². The first-order chi connectivity index (χ1) is 12.6. The topological polar surface area (TPSA) is 73.8 Å². The zero-order valence-electron chi connectivity index (χ0n) is 15.5. The molecular weight excluding hydrogens is 344 g/mol. The zero-order chi connectivity index (χ0) is 17.7. The fourth-order valence-electron chi connectivity index (χ4n) is 6.44. The van der Waals surface area contributed by atoms with Gasteiger partial charge in [-0.2, -0.15) is 0 Å². The molecule has 5 saturated carbocycles. The van der Waals surface area contributed by atoms with Crippen LogP contribution < -0.4 is 5.73 Å². The van der Waals surface area contributed by atoms with Gasteiger partial charge in [0.15, 0.2) is 5.16 Å². The zero-order valence-corrected chi connectivity index (χ0v) is 16.3. The summed E-state index contributed by atoms with van der Waals surface area (Å²) in [4.78, 5) is 11.2. The summed E-state index contributed by atoms with van der Waals surface area (Å²) in [5.41, 5.74) is 5.99.